The first-order valence-electron chi connectivity index (χ1n) is 11.3. The number of pyridine rings is 1. The van der Waals surface area contributed by atoms with E-state index in [1.165, 1.54) is 6.20 Å². The number of hydrogen-bond acceptors (Lipinski definition) is 5. The van der Waals surface area contributed by atoms with Gasteiger partial charge in [0.2, 0.25) is 0 Å². The van der Waals surface area contributed by atoms with Gasteiger partial charge in [-0.1, -0.05) is 31.9 Å². The van der Waals surface area contributed by atoms with E-state index in [0.29, 0.717) is 40.8 Å². The van der Waals surface area contributed by atoms with E-state index in [1.54, 1.807) is 29.9 Å². The molecule has 0 bridgehead atoms. The van der Waals surface area contributed by atoms with Gasteiger partial charge in [-0.05, 0) is 36.8 Å². The average molecular weight is 475 g/mol. The molecule has 0 radical (unpaired) electrons. The lowest BCUT2D eigenvalue weighted by Crippen LogP contribution is -2.02. The van der Waals surface area contributed by atoms with Crippen molar-refractivity contribution < 1.29 is 18.3 Å². The molecular weight excluding hydrogens is 450 g/mol. The highest BCUT2D eigenvalue weighted by molar-refractivity contribution is 5.82. The van der Waals surface area contributed by atoms with Crippen LogP contribution in [0, 0.1) is 23.0 Å². The predicted octanol–water partition coefficient (Wildman–Crippen LogP) is 6.32. The van der Waals surface area contributed by atoms with Gasteiger partial charge in [-0.15, -0.1) is 0 Å². The lowest BCUT2D eigenvalue weighted by atomic mass is 10.1. The number of hydrogen-bond donors (Lipinski definition) is 0. The molecule has 0 saturated carbocycles. The quantitative estimate of drug-likeness (QED) is 0.266. The minimum absolute atomic E-state index is 0.274. The number of methoxy groups -OCH3 is 1. The van der Waals surface area contributed by atoms with Gasteiger partial charge in [-0.2, -0.15) is 5.26 Å². The van der Waals surface area contributed by atoms with Crippen molar-refractivity contribution in [1.82, 2.24) is 14.5 Å². The molecule has 0 atom stereocenters. The molecule has 0 aliphatic rings. The van der Waals surface area contributed by atoms with Crippen molar-refractivity contribution in [3.05, 3.63) is 77.2 Å². The van der Waals surface area contributed by atoms with Crippen LogP contribution in [0.2, 0.25) is 0 Å². The molecule has 2 heterocycles. The number of halogens is 2. The van der Waals surface area contributed by atoms with Crippen molar-refractivity contribution in [2.45, 2.75) is 26.2 Å². The van der Waals surface area contributed by atoms with Crippen molar-refractivity contribution in [3.8, 4) is 23.4 Å². The number of imidazole rings is 1. The van der Waals surface area contributed by atoms with E-state index in [4.69, 9.17) is 14.7 Å². The molecule has 0 amide bonds. The SMILES string of the molecule is CCCCCOc1c(/C=C/c2nc3cc(F)c(F)cc3n2-c2ccc(C#N)cn2)cccc1OC. The van der Waals surface area contributed by atoms with Crippen LogP contribution in [0.4, 0.5) is 8.78 Å². The molecule has 0 spiro atoms. The number of nitriles is 1. The molecule has 178 valence electrons. The third kappa shape index (κ3) is 5.14. The van der Waals surface area contributed by atoms with Crippen LogP contribution >= 0.6 is 0 Å². The smallest absolute Gasteiger partial charge is 0.168 e. The number of fused-ring (bicyclic) bond motifs is 1. The van der Waals surface area contributed by atoms with Gasteiger partial charge in [-0.25, -0.2) is 18.7 Å². The minimum Gasteiger partial charge on any atom is -0.493 e. The number of para-hydroxylation sites is 1. The zero-order chi connectivity index (χ0) is 24.8. The van der Waals surface area contributed by atoms with Gasteiger partial charge in [-0.3, -0.25) is 4.57 Å². The molecule has 8 heteroatoms. The van der Waals surface area contributed by atoms with Crippen molar-refractivity contribution in [2.75, 3.05) is 13.7 Å². The lowest BCUT2D eigenvalue weighted by molar-refractivity contribution is 0.285. The molecule has 0 saturated heterocycles. The Labute approximate surface area is 202 Å². The summed E-state index contributed by atoms with van der Waals surface area (Å²) in [6, 6.07) is 13.0. The van der Waals surface area contributed by atoms with E-state index in [0.717, 1.165) is 37.0 Å². The molecular formula is C27H24F2N4O2. The second-order valence-electron chi connectivity index (χ2n) is 7.84. The van der Waals surface area contributed by atoms with Crippen LogP contribution in [-0.4, -0.2) is 28.3 Å². The largest absolute Gasteiger partial charge is 0.493 e. The van der Waals surface area contributed by atoms with Gasteiger partial charge >= 0.3 is 0 Å². The molecule has 4 rings (SSSR count). The van der Waals surface area contributed by atoms with Crippen LogP contribution in [-0.2, 0) is 0 Å². The Balaban J connectivity index is 1.79. The Morgan fingerprint density at radius 2 is 1.91 bits per heavy atom. The third-order valence-corrected chi connectivity index (χ3v) is 5.46. The second-order valence-corrected chi connectivity index (χ2v) is 7.84. The highest BCUT2D eigenvalue weighted by atomic mass is 19.2. The molecule has 0 aliphatic heterocycles. The third-order valence-electron chi connectivity index (χ3n) is 5.46. The maximum atomic E-state index is 14.1. The van der Waals surface area contributed by atoms with E-state index >= 15 is 0 Å². The second kappa shape index (κ2) is 10.8. The summed E-state index contributed by atoms with van der Waals surface area (Å²) in [7, 11) is 1.58. The number of benzene rings is 2. The van der Waals surface area contributed by atoms with Crippen molar-refractivity contribution in [2.24, 2.45) is 0 Å². The predicted molar refractivity (Wildman–Crippen MR) is 130 cm³/mol. The molecule has 35 heavy (non-hydrogen) atoms. The maximum Gasteiger partial charge on any atom is 0.168 e. The lowest BCUT2D eigenvalue weighted by Gasteiger charge is -2.13. The molecule has 0 N–H and O–H groups in total. The topological polar surface area (TPSA) is 73.0 Å². The Hall–Kier alpha value is -4.25. The van der Waals surface area contributed by atoms with Crippen LogP contribution in [0.5, 0.6) is 11.5 Å². The van der Waals surface area contributed by atoms with Crippen LogP contribution in [0.15, 0.2) is 48.7 Å². The normalized spacial score (nSPS) is 11.2. The van der Waals surface area contributed by atoms with Crippen LogP contribution in [0.25, 0.3) is 29.0 Å². The molecule has 0 unspecified atom stereocenters. The first-order chi connectivity index (χ1) is 17.0. The Morgan fingerprint density at radius 3 is 2.63 bits per heavy atom. The van der Waals surface area contributed by atoms with E-state index < -0.39 is 11.6 Å². The minimum atomic E-state index is -0.988. The van der Waals surface area contributed by atoms with Crippen molar-refractivity contribution in [3.63, 3.8) is 0 Å². The number of nitrogens with zero attached hydrogens (tertiary/aromatic N) is 4. The van der Waals surface area contributed by atoms with Gasteiger partial charge < -0.3 is 9.47 Å². The van der Waals surface area contributed by atoms with Gasteiger partial charge in [0.05, 0.1) is 30.3 Å². The summed E-state index contributed by atoms with van der Waals surface area (Å²) in [5.41, 5.74) is 1.78. The fourth-order valence-electron chi connectivity index (χ4n) is 3.70. The van der Waals surface area contributed by atoms with E-state index in [2.05, 4.69) is 16.9 Å². The summed E-state index contributed by atoms with van der Waals surface area (Å²) in [5.74, 6) is 0.0638. The summed E-state index contributed by atoms with van der Waals surface area (Å²) < 4.78 is 41.2. The first-order valence-corrected chi connectivity index (χ1v) is 11.3. The van der Waals surface area contributed by atoms with Gasteiger partial charge in [0.1, 0.15) is 17.7 Å². The van der Waals surface area contributed by atoms with Gasteiger partial charge in [0.15, 0.2) is 23.1 Å². The number of aromatic nitrogens is 3. The van der Waals surface area contributed by atoms with Crippen molar-refractivity contribution in [1.29, 1.82) is 5.26 Å². The van der Waals surface area contributed by atoms with E-state index in [1.807, 2.05) is 30.3 Å². The fourth-order valence-corrected chi connectivity index (χ4v) is 3.70. The van der Waals surface area contributed by atoms with E-state index in [-0.39, 0.29) is 5.52 Å². The molecule has 2 aromatic heterocycles. The summed E-state index contributed by atoms with van der Waals surface area (Å²) >= 11 is 0. The monoisotopic (exact) mass is 474 g/mol. The van der Waals surface area contributed by atoms with Crippen molar-refractivity contribution >= 4 is 23.2 Å². The Kier molecular flexibility index (Phi) is 7.36. The Bertz CT molecular complexity index is 1410. The van der Waals surface area contributed by atoms with Gasteiger partial charge in [0.25, 0.3) is 0 Å². The molecule has 4 aromatic rings. The zero-order valence-corrected chi connectivity index (χ0v) is 19.5. The van der Waals surface area contributed by atoms with Gasteiger partial charge in [0, 0.05) is 23.9 Å². The molecule has 0 fully saturated rings. The molecule has 0 aliphatic carbocycles. The maximum absolute atomic E-state index is 14.1. The average Bonchev–Trinajstić information content (AvgIpc) is 3.22. The number of rotatable bonds is 9. The Morgan fingerprint density at radius 1 is 1.09 bits per heavy atom. The number of ether oxygens (including phenoxy) is 2. The summed E-state index contributed by atoms with van der Waals surface area (Å²) in [4.78, 5) is 8.82. The van der Waals surface area contributed by atoms with E-state index in [9.17, 15) is 8.78 Å². The molecule has 6 nitrogen and oxygen atoms in total. The summed E-state index contributed by atoms with van der Waals surface area (Å²) in [6.07, 6.45) is 8.03. The fraction of sp³-hybridized carbons (Fsp3) is 0.222. The highest BCUT2D eigenvalue weighted by Crippen LogP contribution is 2.33. The number of unbranched alkanes of at least 4 members (excludes halogenated alkanes) is 2. The summed E-state index contributed by atoms with van der Waals surface area (Å²) in [6.45, 7) is 2.69. The summed E-state index contributed by atoms with van der Waals surface area (Å²) in [5, 5.41) is 9.09. The zero-order valence-electron chi connectivity index (χ0n) is 19.5. The standard InChI is InChI=1S/C27H24F2N4O2/c1-3-4-5-13-35-27-19(7-6-8-24(27)34-2)10-12-26-32-22-14-20(28)21(29)15-23(22)33(26)25-11-9-18(16-30)17-31-25/h6-12,14-15,17H,3-5,13H2,1-2H3/b12-10+. The van der Waals surface area contributed by atoms with Crippen LogP contribution in [0.3, 0.4) is 0 Å². The molecule has 2 aromatic carbocycles. The first kappa shape index (κ1) is 23.9. The van der Waals surface area contributed by atoms with Crippen LogP contribution < -0.4 is 9.47 Å². The highest BCUT2D eigenvalue weighted by Gasteiger charge is 2.16. The van der Waals surface area contributed by atoms with Crippen LogP contribution in [0.1, 0.15) is 43.1 Å².